The van der Waals surface area contributed by atoms with Crippen LogP contribution in [0, 0.1) is 0 Å². The lowest BCUT2D eigenvalue weighted by molar-refractivity contribution is -0.104. The van der Waals surface area contributed by atoms with Crippen LogP contribution in [-0.2, 0) is 9.53 Å². The zero-order chi connectivity index (χ0) is 17.6. The van der Waals surface area contributed by atoms with Crippen LogP contribution >= 0.6 is 0 Å². The maximum Gasteiger partial charge on any atom is 0.143 e. The lowest BCUT2D eigenvalue weighted by Gasteiger charge is -2.12. The Morgan fingerprint density at radius 3 is 2.56 bits per heavy atom. The summed E-state index contributed by atoms with van der Waals surface area (Å²) in [4.78, 5) is 11.1. The van der Waals surface area contributed by atoms with Gasteiger partial charge in [0, 0.05) is 17.6 Å². The first kappa shape index (κ1) is 16.8. The molecule has 0 unspecified atom stereocenters. The second-order valence-corrected chi connectivity index (χ2v) is 5.61. The van der Waals surface area contributed by atoms with E-state index >= 15 is 0 Å². The molecular weight excluding hydrogens is 316 g/mol. The second kappa shape index (κ2) is 7.71. The standard InChI is InChI=1S/C21H20O4/c1-23-16-9-7-15(8-10-16)19-11-12-21(25-19)18(13-14-22)17-5-3-4-6-20(17)24-2/h3-7,9,11-14H,8,10H2,1-2H3/b18-13+. The number of ether oxygens (including phenoxy) is 2. The maximum absolute atomic E-state index is 11.1. The molecule has 0 saturated carbocycles. The molecule has 0 aliphatic heterocycles. The van der Waals surface area contributed by atoms with Gasteiger partial charge >= 0.3 is 0 Å². The number of hydrogen-bond donors (Lipinski definition) is 0. The molecule has 0 atom stereocenters. The second-order valence-electron chi connectivity index (χ2n) is 5.61. The average molecular weight is 336 g/mol. The van der Waals surface area contributed by atoms with Gasteiger partial charge < -0.3 is 13.9 Å². The van der Waals surface area contributed by atoms with Crippen LogP contribution < -0.4 is 4.74 Å². The number of allylic oxidation sites excluding steroid dienone is 5. The van der Waals surface area contributed by atoms with Crippen molar-refractivity contribution >= 4 is 17.4 Å². The van der Waals surface area contributed by atoms with Gasteiger partial charge in [-0.2, -0.15) is 0 Å². The van der Waals surface area contributed by atoms with E-state index in [1.54, 1.807) is 14.2 Å². The largest absolute Gasteiger partial charge is 0.501 e. The van der Waals surface area contributed by atoms with E-state index in [0.717, 1.165) is 41.8 Å². The summed E-state index contributed by atoms with van der Waals surface area (Å²) in [5.74, 6) is 3.09. The number of hydrogen-bond acceptors (Lipinski definition) is 4. The minimum atomic E-state index is 0.633. The number of carbonyl (C=O) groups is 1. The molecule has 25 heavy (non-hydrogen) atoms. The van der Waals surface area contributed by atoms with Crippen molar-refractivity contribution in [2.24, 2.45) is 0 Å². The van der Waals surface area contributed by atoms with Crippen LogP contribution in [-0.4, -0.2) is 20.5 Å². The van der Waals surface area contributed by atoms with E-state index in [4.69, 9.17) is 13.9 Å². The van der Waals surface area contributed by atoms with Crippen LogP contribution in [0.25, 0.3) is 11.1 Å². The van der Waals surface area contributed by atoms with Gasteiger partial charge in [-0.15, -0.1) is 0 Å². The molecule has 0 radical (unpaired) electrons. The minimum Gasteiger partial charge on any atom is -0.501 e. The summed E-state index contributed by atoms with van der Waals surface area (Å²) in [6.07, 6.45) is 7.94. The van der Waals surface area contributed by atoms with Crippen molar-refractivity contribution < 1.29 is 18.7 Å². The van der Waals surface area contributed by atoms with Gasteiger partial charge in [-0.1, -0.05) is 24.3 Å². The predicted octanol–water partition coefficient (Wildman–Crippen LogP) is 4.63. The lowest BCUT2D eigenvalue weighted by atomic mass is 10.0. The minimum absolute atomic E-state index is 0.633. The summed E-state index contributed by atoms with van der Waals surface area (Å²) in [5.41, 5.74) is 2.62. The highest BCUT2D eigenvalue weighted by Gasteiger charge is 2.16. The molecule has 1 aromatic carbocycles. The van der Waals surface area contributed by atoms with E-state index in [1.807, 2.05) is 48.6 Å². The fraction of sp³-hybridized carbons (Fsp3) is 0.190. The van der Waals surface area contributed by atoms with Crippen molar-refractivity contribution in [3.8, 4) is 5.75 Å². The quantitative estimate of drug-likeness (QED) is 0.570. The van der Waals surface area contributed by atoms with E-state index in [-0.39, 0.29) is 0 Å². The third-order valence-corrected chi connectivity index (χ3v) is 4.19. The van der Waals surface area contributed by atoms with Crippen molar-refractivity contribution in [3.63, 3.8) is 0 Å². The van der Waals surface area contributed by atoms with Crippen molar-refractivity contribution in [3.05, 3.63) is 77.5 Å². The summed E-state index contributed by atoms with van der Waals surface area (Å²) in [6.45, 7) is 0. The Hall–Kier alpha value is -3.01. The van der Waals surface area contributed by atoms with E-state index in [2.05, 4.69) is 0 Å². The van der Waals surface area contributed by atoms with Gasteiger partial charge in [0.1, 0.15) is 23.6 Å². The maximum atomic E-state index is 11.1. The highest BCUT2D eigenvalue weighted by atomic mass is 16.5. The molecule has 1 aromatic heterocycles. The highest BCUT2D eigenvalue weighted by Crippen LogP contribution is 2.34. The third kappa shape index (κ3) is 3.58. The molecule has 1 heterocycles. The van der Waals surface area contributed by atoms with Gasteiger partial charge in [0.2, 0.25) is 0 Å². The van der Waals surface area contributed by atoms with Crippen molar-refractivity contribution in [1.82, 2.24) is 0 Å². The zero-order valence-electron chi connectivity index (χ0n) is 14.3. The zero-order valence-corrected chi connectivity index (χ0v) is 14.3. The Bertz CT molecular complexity index is 852. The molecule has 1 aliphatic carbocycles. The first-order valence-electron chi connectivity index (χ1n) is 8.10. The van der Waals surface area contributed by atoms with Gasteiger partial charge in [-0.3, -0.25) is 4.79 Å². The van der Waals surface area contributed by atoms with Gasteiger partial charge in [-0.05, 0) is 42.3 Å². The predicted molar refractivity (Wildman–Crippen MR) is 97.1 cm³/mol. The molecule has 0 fully saturated rings. The average Bonchev–Trinajstić information content (AvgIpc) is 3.16. The van der Waals surface area contributed by atoms with Crippen LogP contribution in [0.5, 0.6) is 5.75 Å². The molecule has 0 bridgehead atoms. The van der Waals surface area contributed by atoms with Crippen LogP contribution in [0.2, 0.25) is 0 Å². The van der Waals surface area contributed by atoms with E-state index in [1.165, 1.54) is 6.08 Å². The molecular formula is C21H20O4. The van der Waals surface area contributed by atoms with Crippen molar-refractivity contribution in [1.29, 1.82) is 0 Å². The van der Waals surface area contributed by atoms with Crippen LogP contribution in [0.1, 0.15) is 29.9 Å². The third-order valence-electron chi connectivity index (χ3n) is 4.19. The first-order valence-corrected chi connectivity index (χ1v) is 8.10. The topological polar surface area (TPSA) is 48.7 Å². The Kier molecular flexibility index (Phi) is 5.19. The lowest BCUT2D eigenvalue weighted by Crippen LogP contribution is -1.94. The molecule has 0 N–H and O–H groups in total. The molecule has 3 rings (SSSR count). The first-order chi connectivity index (χ1) is 12.3. The molecule has 1 aliphatic rings. The summed E-state index contributed by atoms with van der Waals surface area (Å²) < 4.78 is 16.7. The van der Waals surface area contributed by atoms with Crippen LogP contribution in [0.4, 0.5) is 0 Å². The molecule has 0 amide bonds. The number of furan rings is 1. The normalized spacial score (nSPS) is 14.6. The molecule has 0 saturated heterocycles. The van der Waals surface area contributed by atoms with Crippen molar-refractivity contribution in [2.45, 2.75) is 12.8 Å². The Morgan fingerprint density at radius 2 is 1.88 bits per heavy atom. The number of methoxy groups -OCH3 is 2. The Morgan fingerprint density at radius 1 is 1.04 bits per heavy atom. The van der Waals surface area contributed by atoms with E-state index < -0.39 is 0 Å². The van der Waals surface area contributed by atoms with Gasteiger partial charge in [0.05, 0.1) is 20.0 Å². The SMILES string of the molecule is COC1=CC=C(c2ccc(/C(=C/C=O)c3ccccc3OC)o2)CC1. The summed E-state index contributed by atoms with van der Waals surface area (Å²) >= 11 is 0. The monoisotopic (exact) mass is 336 g/mol. The van der Waals surface area contributed by atoms with Gasteiger partial charge in [0.15, 0.2) is 0 Å². The molecule has 4 heteroatoms. The van der Waals surface area contributed by atoms with Crippen molar-refractivity contribution in [2.75, 3.05) is 14.2 Å². The highest BCUT2D eigenvalue weighted by molar-refractivity contribution is 5.90. The molecule has 128 valence electrons. The Balaban J connectivity index is 1.97. The fourth-order valence-corrected chi connectivity index (χ4v) is 2.89. The number of benzene rings is 1. The number of aldehydes is 1. The smallest absolute Gasteiger partial charge is 0.143 e. The van der Waals surface area contributed by atoms with Gasteiger partial charge in [-0.25, -0.2) is 0 Å². The summed E-state index contributed by atoms with van der Waals surface area (Å²) in [5, 5.41) is 0. The fourth-order valence-electron chi connectivity index (χ4n) is 2.89. The van der Waals surface area contributed by atoms with E-state index in [9.17, 15) is 4.79 Å². The summed E-state index contributed by atoms with van der Waals surface area (Å²) in [7, 11) is 3.29. The molecule has 4 nitrogen and oxygen atoms in total. The Labute approximate surface area is 147 Å². The van der Waals surface area contributed by atoms with Gasteiger partial charge in [0.25, 0.3) is 0 Å². The molecule has 2 aromatic rings. The molecule has 0 spiro atoms. The number of carbonyl (C=O) groups excluding carboxylic acids is 1. The number of rotatable bonds is 6. The summed E-state index contributed by atoms with van der Waals surface area (Å²) in [6, 6.07) is 11.4. The van der Waals surface area contributed by atoms with Crippen LogP contribution in [0.15, 0.2) is 64.8 Å². The van der Waals surface area contributed by atoms with E-state index in [0.29, 0.717) is 17.1 Å². The number of para-hydroxylation sites is 1. The van der Waals surface area contributed by atoms with Crippen LogP contribution in [0.3, 0.4) is 0 Å².